The second kappa shape index (κ2) is 4.76. The molecule has 2 rings (SSSR count). The molecule has 0 saturated heterocycles. The Kier molecular flexibility index (Phi) is 3.36. The van der Waals surface area contributed by atoms with E-state index in [2.05, 4.69) is 15.9 Å². The van der Waals surface area contributed by atoms with Crippen molar-refractivity contribution in [3.8, 4) is 11.5 Å². The lowest BCUT2D eigenvalue weighted by Crippen LogP contribution is -1.92. The molecule has 4 heteroatoms. The number of halogens is 2. The molecular weight excluding hydrogens is 289 g/mol. The summed E-state index contributed by atoms with van der Waals surface area (Å²) >= 11 is 9.35. The lowest BCUT2D eigenvalue weighted by Gasteiger charge is -2.09. The predicted octanol–water partition coefficient (Wildman–Crippen LogP) is 4.48. The van der Waals surface area contributed by atoms with Crippen LogP contribution in [0, 0.1) is 0 Å². The van der Waals surface area contributed by atoms with Gasteiger partial charge in [-0.05, 0) is 30.3 Å². The number of anilines is 1. The standard InChI is InChI=1S/C12H9BrClNO/c13-8-5-6-10(15)12(7-8)16-11-4-2-1-3-9(11)14/h1-7H,15H2. The first-order valence-electron chi connectivity index (χ1n) is 4.64. The number of nitrogen functional groups attached to an aromatic ring is 1. The SMILES string of the molecule is Nc1ccc(Br)cc1Oc1ccccc1Cl. The summed E-state index contributed by atoms with van der Waals surface area (Å²) in [5, 5.41) is 0.557. The highest BCUT2D eigenvalue weighted by Crippen LogP contribution is 2.33. The molecule has 2 nitrogen and oxygen atoms in total. The minimum absolute atomic E-state index is 0.557. The van der Waals surface area contributed by atoms with Gasteiger partial charge in [-0.15, -0.1) is 0 Å². The average molecular weight is 299 g/mol. The zero-order valence-electron chi connectivity index (χ0n) is 8.28. The fourth-order valence-corrected chi connectivity index (χ4v) is 1.76. The van der Waals surface area contributed by atoms with E-state index in [1.807, 2.05) is 18.2 Å². The second-order valence-corrected chi connectivity index (χ2v) is 4.54. The summed E-state index contributed by atoms with van der Waals surface area (Å²) in [5.74, 6) is 1.18. The van der Waals surface area contributed by atoms with E-state index in [0.717, 1.165) is 4.47 Å². The zero-order chi connectivity index (χ0) is 11.5. The van der Waals surface area contributed by atoms with Crippen LogP contribution in [0.25, 0.3) is 0 Å². The molecule has 0 amide bonds. The number of rotatable bonds is 2. The highest BCUT2D eigenvalue weighted by molar-refractivity contribution is 9.10. The van der Waals surface area contributed by atoms with Crippen LogP contribution in [0.5, 0.6) is 11.5 Å². The molecular formula is C12H9BrClNO. The Hall–Kier alpha value is -1.19. The van der Waals surface area contributed by atoms with Gasteiger partial charge in [0, 0.05) is 4.47 Å². The van der Waals surface area contributed by atoms with E-state index in [1.165, 1.54) is 0 Å². The Bertz CT molecular complexity index is 516. The summed E-state index contributed by atoms with van der Waals surface area (Å²) < 4.78 is 6.54. The van der Waals surface area contributed by atoms with Crippen molar-refractivity contribution in [1.82, 2.24) is 0 Å². The molecule has 16 heavy (non-hydrogen) atoms. The molecule has 0 fully saturated rings. The van der Waals surface area contributed by atoms with Crippen LogP contribution in [0.2, 0.25) is 5.02 Å². The zero-order valence-corrected chi connectivity index (χ0v) is 10.6. The smallest absolute Gasteiger partial charge is 0.151 e. The van der Waals surface area contributed by atoms with Gasteiger partial charge in [-0.3, -0.25) is 0 Å². The predicted molar refractivity (Wildman–Crippen MR) is 70.1 cm³/mol. The molecule has 2 N–H and O–H groups in total. The van der Waals surface area contributed by atoms with Crippen LogP contribution in [0.4, 0.5) is 5.69 Å². The molecule has 0 aliphatic carbocycles. The van der Waals surface area contributed by atoms with Crippen LogP contribution in [0.1, 0.15) is 0 Å². The van der Waals surface area contributed by atoms with Gasteiger partial charge in [0.05, 0.1) is 10.7 Å². The third-order valence-electron chi connectivity index (χ3n) is 2.03. The van der Waals surface area contributed by atoms with E-state index in [9.17, 15) is 0 Å². The molecule has 0 radical (unpaired) electrons. The molecule has 2 aromatic rings. The van der Waals surface area contributed by atoms with E-state index >= 15 is 0 Å². The highest BCUT2D eigenvalue weighted by Gasteiger charge is 2.05. The van der Waals surface area contributed by atoms with Crippen molar-refractivity contribution < 1.29 is 4.74 Å². The van der Waals surface area contributed by atoms with Crippen LogP contribution in [-0.2, 0) is 0 Å². The molecule has 2 aromatic carbocycles. The second-order valence-electron chi connectivity index (χ2n) is 3.21. The first-order valence-corrected chi connectivity index (χ1v) is 5.81. The maximum Gasteiger partial charge on any atom is 0.151 e. The van der Waals surface area contributed by atoms with Crippen molar-refractivity contribution in [2.45, 2.75) is 0 Å². The first-order chi connectivity index (χ1) is 7.66. The minimum atomic E-state index is 0.557. The van der Waals surface area contributed by atoms with E-state index in [4.69, 9.17) is 22.1 Å². The fourth-order valence-electron chi connectivity index (χ4n) is 1.24. The number of nitrogens with two attached hydrogens (primary N) is 1. The van der Waals surface area contributed by atoms with Gasteiger partial charge in [0.15, 0.2) is 5.75 Å². The quantitative estimate of drug-likeness (QED) is 0.830. The summed E-state index contributed by atoms with van der Waals surface area (Å²) in [6, 6.07) is 12.7. The maximum absolute atomic E-state index is 5.99. The van der Waals surface area contributed by atoms with E-state index in [-0.39, 0.29) is 0 Å². The van der Waals surface area contributed by atoms with E-state index in [0.29, 0.717) is 22.2 Å². The van der Waals surface area contributed by atoms with Crippen LogP contribution >= 0.6 is 27.5 Å². The molecule has 82 valence electrons. The lowest BCUT2D eigenvalue weighted by molar-refractivity contribution is 0.485. The third kappa shape index (κ3) is 2.49. The van der Waals surface area contributed by atoms with Gasteiger partial charge in [0.25, 0.3) is 0 Å². The number of para-hydroxylation sites is 1. The summed E-state index contributed by atoms with van der Waals surface area (Å²) in [6.45, 7) is 0. The molecule has 0 spiro atoms. The van der Waals surface area contributed by atoms with Gasteiger partial charge in [-0.1, -0.05) is 39.7 Å². The van der Waals surface area contributed by atoms with Gasteiger partial charge in [-0.25, -0.2) is 0 Å². The Balaban J connectivity index is 2.34. The Morgan fingerprint density at radius 1 is 1.06 bits per heavy atom. The third-order valence-corrected chi connectivity index (χ3v) is 2.84. The summed E-state index contributed by atoms with van der Waals surface area (Å²) in [5.41, 5.74) is 6.37. The summed E-state index contributed by atoms with van der Waals surface area (Å²) in [7, 11) is 0. The molecule has 0 aliphatic heterocycles. The normalized spacial score (nSPS) is 10.1. The summed E-state index contributed by atoms with van der Waals surface area (Å²) in [4.78, 5) is 0. The van der Waals surface area contributed by atoms with Crippen molar-refractivity contribution in [2.24, 2.45) is 0 Å². The topological polar surface area (TPSA) is 35.2 Å². The first kappa shape index (κ1) is 11.3. The fraction of sp³-hybridized carbons (Fsp3) is 0. The van der Waals surface area contributed by atoms with E-state index in [1.54, 1.807) is 24.3 Å². The van der Waals surface area contributed by atoms with Crippen LogP contribution < -0.4 is 10.5 Å². The van der Waals surface area contributed by atoms with Gasteiger partial charge in [-0.2, -0.15) is 0 Å². The number of benzene rings is 2. The highest BCUT2D eigenvalue weighted by atomic mass is 79.9. The van der Waals surface area contributed by atoms with Gasteiger partial charge < -0.3 is 10.5 Å². The molecule has 0 bridgehead atoms. The average Bonchev–Trinajstić information content (AvgIpc) is 2.27. The van der Waals surface area contributed by atoms with Crippen molar-refractivity contribution in [1.29, 1.82) is 0 Å². The Labute approximate surface area is 107 Å². The van der Waals surface area contributed by atoms with Crippen molar-refractivity contribution in [2.75, 3.05) is 5.73 Å². The van der Waals surface area contributed by atoms with Gasteiger partial charge >= 0.3 is 0 Å². The molecule has 0 unspecified atom stereocenters. The molecule has 0 saturated carbocycles. The minimum Gasteiger partial charge on any atom is -0.454 e. The van der Waals surface area contributed by atoms with Gasteiger partial charge in [0.1, 0.15) is 5.75 Å². The van der Waals surface area contributed by atoms with Crippen molar-refractivity contribution in [3.63, 3.8) is 0 Å². The number of hydrogen-bond acceptors (Lipinski definition) is 2. The van der Waals surface area contributed by atoms with Crippen molar-refractivity contribution in [3.05, 3.63) is 52.0 Å². The molecule has 0 atom stereocenters. The largest absolute Gasteiger partial charge is 0.454 e. The molecule has 0 aliphatic rings. The maximum atomic E-state index is 5.99. The van der Waals surface area contributed by atoms with Crippen LogP contribution in [0.15, 0.2) is 46.9 Å². The summed E-state index contributed by atoms with van der Waals surface area (Å²) in [6.07, 6.45) is 0. The van der Waals surface area contributed by atoms with Crippen LogP contribution in [-0.4, -0.2) is 0 Å². The van der Waals surface area contributed by atoms with Crippen LogP contribution in [0.3, 0.4) is 0 Å². The molecule has 0 heterocycles. The lowest BCUT2D eigenvalue weighted by atomic mass is 10.3. The molecule has 0 aromatic heterocycles. The van der Waals surface area contributed by atoms with Gasteiger partial charge in [0.2, 0.25) is 0 Å². The monoisotopic (exact) mass is 297 g/mol. The number of ether oxygens (including phenoxy) is 1. The Morgan fingerprint density at radius 3 is 2.56 bits per heavy atom. The Morgan fingerprint density at radius 2 is 1.81 bits per heavy atom. The number of hydrogen-bond donors (Lipinski definition) is 1. The van der Waals surface area contributed by atoms with E-state index < -0.39 is 0 Å². The van der Waals surface area contributed by atoms with Crippen molar-refractivity contribution >= 4 is 33.2 Å².